The van der Waals surface area contributed by atoms with Gasteiger partial charge in [-0.15, -0.1) is 0 Å². The van der Waals surface area contributed by atoms with E-state index in [0.717, 1.165) is 0 Å². The number of hydrogen-bond acceptors (Lipinski definition) is 0. The summed E-state index contributed by atoms with van der Waals surface area (Å²) in [6, 6.07) is 18.9. The van der Waals surface area contributed by atoms with Gasteiger partial charge < -0.3 is 0 Å². The SMILES string of the molecule is CC12CC34CC1(C)C1(C)CC3(CC21C)c1ccccc1-c1ccccc14. The van der Waals surface area contributed by atoms with Gasteiger partial charge in [-0.3, -0.25) is 0 Å². The van der Waals surface area contributed by atoms with E-state index < -0.39 is 0 Å². The van der Waals surface area contributed by atoms with Gasteiger partial charge in [-0.25, -0.2) is 0 Å². The largest absolute Gasteiger partial charge is 0.0619 e. The summed E-state index contributed by atoms with van der Waals surface area (Å²) in [7, 11) is 0. The van der Waals surface area contributed by atoms with Crippen LogP contribution >= 0.6 is 0 Å². The van der Waals surface area contributed by atoms with Crippen molar-refractivity contribution in [3.63, 3.8) is 0 Å². The van der Waals surface area contributed by atoms with Gasteiger partial charge in [-0.2, -0.15) is 0 Å². The molecule has 0 unspecified atom stereocenters. The molecule has 6 aliphatic rings. The molecule has 6 aliphatic carbocycles. The molecule has 26 heavy (non-hydrogen) atoms. The van der Waals surface area contributed by atoms with E-state index in [1.54, 1.807) is 11.1 Å². The second-order valence-corrected chi connectivity index (χ2v) is 11.3. The molecule has 5 fully saturated rings. The van der Waals surface area contributed by atoms with E-state index in [4.69, 9.17) is 0 Å². The van der Waals surface area contributed by atoms with Crippen LogP contribution in [0.15, 0.2) is 48.5 Å². The average Bonchev–Trinajstić information content (AvgIpc) is 2.95. The van der Waals surface area contributed by atoms with Crippen molar-refractivity contribution in [2.75, 3.05) is 0 Å². The zero-order chi connectivity index (χ0) is 17.8. The van der Waals surface area contributed by atoms with Crippen LogP contribution in [0.2, 0.25) is 0 Å². The molecule has 0 N–H and O–H groups in total. The Morgan fingerprint density at radius 3 is 1.15 bits per heavy atom. The molecule has 0 nitrogen and oxygen atoms in total. The highest BCUT2D eigenvalue weighted by molar-refractivity contribution is 5.80. The highest BCUT2D eigenvalue weighted by atomic mass is 15.0. The molecule has 0 amide bonds. The van der Waals surface area contributed by atoms with Crippen LogP contribution in [-0.2, 0) is 10.8 Å². The maximum atomic E-state index is 2.65. The van der Waals surface area contributed by atoms with Gasteiger partial charge in [0.25, 0.3) is 0 Å². The van der Waals surface area contributed by atoms with Crippen molar-refractivity contribution in [3.8, 4) is 11.1 Å². The summed E-state index contributed by atoms with van der Waals surface area (Å²) in [6.45, 7) is 10.6. The lowest BCUT2D eigenvalue weighted by atomic mass is 9.28. The first-order valence-electron chi connectivity index (χ1n) is 10.5. The van der Waals surface area contributed by atoms with Crippen LogP contribution in [0.1, 0.15) is 64.5 Å². The molecule has 2 aromatic rings. The second kappa shape index (κ2) is 3.46. The van der Waals surface area contributed by atoms with Crippen LogP contribution in [0.3, 0.4) is 0 Å². The van der Waals surface area contributed by atoms with Crippen LogP contribution in [0.5, 0.6) is 0 Å². The third-order valence-corrected chi connectivity index (χ3v) is 11.6. The molecule has 2 spiro atoms. The van der Waals surface area contributed by atoms with Crippen molar-refractivity contribution in [2.45, 2.75) is 64.2 Å². The second-order valence-electron chi connectivity index (χ2n) is 11.3. The van der Waals surface area contributed by atoms with Gasteiger partial charge in [0, 0.05) is 10.8 Å². The zero-order valence-corrected chi connectivity index (χ0v) is 16.4. The van der Waals surface area contributed by atoms with Gasteiger partial charge in [-0.1, -0.05) is 76.2 Å². The fourth-order valence-electron chi connectivity index (χ4n) is 10.3. The van der Waals surface area contributed by atoms with Crippen LogP contribution in [0.25, 0.3) is 11.1 Å². The summed E-state index contributed by atoms with van der Waals surface area (Å²) in [6.07, 6.45) is 5.59. The summed E-state index contributed by atoms with van der Waals surface area (Å²) in [5.41, 5.74) is 9.11. The lowest BCUT2D eigenvalue weighted by molar-refractivity contribution is -0.283. The normalized spacial score (nSPS) is 53.7. The molecule has 0 aromatic heterocycles. The summed E-state index contributed by atoms with van der Waals surface area (Å²) in [5, 5.41) is 0. The molecule has 132 valence electrons. The van der Waals surface area contributed by atoms with Crippen molar-refractivity contribution in [1.29, 1.82) is 0 Å². The first-order valence-corrected chi connectivity index (χ1v) is 10.5. The Morgan fingerprint density at radius 2 is 0.808 bits per heavy atom. The molecule has 0 aliphatic heterocycles. The summed E-state index contributed by atoms with van der Waals surface area (Å²) in [5.74, 6) is 0. The van der Waals surface area contributed by atoms with Gasteiger partial charge in [0.15, 0.2) is 0 Å². The number of benzene rings is 2. The minimum absolute atomic E-state index is 0.358. The molecule has 0 atom stereocenters. The van der Waals surface area contributed by atoms with Crippen LogP contribution in [-0.4, -0.2) is 0 Å². The third kappa shape index (κ3) is 0.928. The minimum Gasteiger partial charge on any atom is -0.0619 e. The molecular formula is C26H28. The van der Waals surface area contributed by atoms with Crippen molar-refractivity contribution in [1.82, 2.24) is 0 Å². The summed E-state index contributed by atoms with van der Waals surface area (Å²) in [4.78, 5) is 0. The fraction of sp³-hybridized carbons (Fsp3) is 0.538. The van der Waals surface area contributed by atoms with E-state index in [-0.39, 0.29) is 0 Å². The Hall–Kier alpha value is -1.56. The first kappa shape index (κ1) is 14.5. The lowest BCUT2D eigenvalue weighted by Gasteiger charge is -2.76. The highest BCUT2D eigenvalue weighted by Crippen LogP contribution is 2.99. The molecule has 8 rings (SSSR count). The predicted octanol–water partition coefficient (Wildman–Crippen LogP) is 6.48. The Bertz CT molecular complexity index is 898. The molecule has 0 heterocycles. The van der Waals surface area contributed by atoms with Crippen molar-refractivity contribution in [3.05, 3.63) is 59.7 Å². The van der Waals surface area contributed by atoms with E-state index in [1.807, 2.05) is 0 Å². The zero-order valence-electron chi connectivity index (χ0n) is 16.4. The van der Waals surface area contributed by atoms with E-state index in [1.165, 1.54) is 36.8 Å². The summed E-state index contributed by atoms with van der Waals surface area (Å²) >= 11 is 0. The third-order valence-electron chi connectivity index (χ3n) is 11.6. The molecular weight excluding hydrogens is 312 g/mol. The van der Waals surface area contributed by atoms with Crippen LogP contribution in [0.4, 0.5) is 0 Å². The van der Waals surface area contributed by atoms with E-state index in [0.29, 0.717) is 32.5 Å². The van der Waals surface area contributed by atoms with Crippen LogP contribution < -0.4 is 0 Å². The molecule has 0 radical (unpaired) electrons. The lowest BCUT2D eigenvalue weighted by Crippen LogP contribution is -2.70. The Labute approximate surface area is 157 Å². The van der Waals surface area contributed by atoms with E-state index in [9.17, 15) is 0 Å². The summed E-state index contributed by atoms with van der Waals surface area (Å²) < 4.78 is 0. The first-order chi connectivity index (χ1) is 12.3. The molecule has 2 aromatic carbocycles. The van der Waals surface area contributed by atoms with Crippen molar-refractivity contribution in [2.24, 2.45) is 21.7 Å². The average molecular weight is 341 g/mol. The van der Waals surface area contributed by atoms with Crippen molar-refractivity contribution < 1.29 is 0 Å². The van der Waals surface area contributed by atoms with Crippen molar-refractivity contribution >= 4 is 0 Å². The fourth-order valence-corrected chi connectivity index (χ4v) is 10.3. The Kier molecular flexibility index (Phi) is 1.93. The predicted molar refractivity (Wildman–Crippen MR) is 106 cm³/mol. The standard InChI is InChI=1S/C26H28/c1-21-13-25-14-22(21,2)24(4)16-26(25,15-23(21,24)3)20-12-8-6-10-18(20)17-9-5-7-11-19(17)25/h5-12H,13-16H2,1-4H3. The van der Waals surface area contributed by atoms with Gasteiger partial charge in [0.2, 0.25) is 0 Å². The number of rotatable bonds is 0. The smallest absolute Gasteiger partial charge is 0.00677 e. The molecule has 6 bridgehead atoms. The van der Waals surface area contributed by atoms with E-state index in [2.05, 4.69) is 76.2 Å². The Morgan fingerprint density at radius 1 is 0.500 bits per heavy atom. The molecule has 0 heteroatoms. The quantitative estimate of drug-likeness (QED) is 0.514. The highest BCUT2D eigenvalue weighted by Gasteiger charge is 2.94. The number of fused-ring (bicyclic) bond motifs is 3. The monoisotopic (exact) mass is 340 g/mol. The topological polar surface area (TPSA) is 0 Å². The van der Waals surface area contributed by atoms with Gasteiger partial charge in [0.05, 0.1) is 0 Å². The van der Waals surface area contributed by atoms with Gasteiger partial charge >= 0.3 is 0 Å². The van der Waals surface area contributed by atoms with E-state index >= 15 is 0 Å². The Balaban J connectivity index is 1.66. The molecule has 5 saturated carbocycles. The van der Waals surface area contributed by atoms with Gasteiger partial charge in [0.1, 0.15) is 0 Å². The minimum atomic E-state index is 0.358. The maximum absolute atomic E-state index is 2.65. The van der Waals surface area contributed by atoms with Gasteiger partial charge in [-0.05, 0) is 69.6 Å². The number of hydrogen-bond donors (Lipinski definition) is 0. The maximum Gasteiger partial charge on any atom is 0.00677 e. The van der Waals surface area contributed by atoms with Crippen LogP contribution in [0, 0.1) is 21.7 Å². The molecule has 0 saturated heterocycles.